The van der Waals surface area contributed by atoms with E-state index in [0.717, 1.165) is 10.2 Å². The van der Waals surface area contributed by atoms with Gasteiger partial charge in [-0.05, 0) is 49.4 Å². The van der Waals surface area contributed by atoms with Gasteiger partial charge in [0, 0.05) is 21.4 Å². The minimum absolute atomic E-state index is 0.197. The molecule has 0 fully saturated rings. The third-order valence-electron chi connectivity index (χ3n) is 2.96. The average Bonchev–Trinajstić information content (AvgIpc) is 2.43. The molecule has 0 aliphatic rings. The van der Waals surface area contributed by atoms with Crippen molar-refractivity contribution in [3.63, 3.8) is 0 Å². The summed E-state index contributed by atoms with van der Waals surface area (Å²) in [6.45, 7) is 1.88. The van der Waals surface area contributed by atoms with Crippen LogP contribution >= 0.6 is 15.9 Å². The maximum atomic E-state index is 13.8. The predicted octanol–water partition coefficient (Wildman–Crippen LogP) is 4.25. The Morgan fingerprint density at radius 1 is 1.19 bits per heavy atom. The summed E-state index contributed by atoms with van der Waals surface area (Å²) in [5.41, 5.74) is 7.03. The first-order valence-corrected chi connectivity index (χ1v) is 7.13. The van der Waals surface area contributed by atoms with Crippen LogP contribution in [-0.2, 0) is 0 Å². The van der Waals surface area contributed by atoms with Crippen LogP contribution in [0.5, 0.6) is 0 Å². The molecule has 2 aromatic carbocycles. The lowest BCUT2D eigenvalue weighted by Crippen LogP contribution is -2.19. The number of urea groups is 1. The number of hydrogen-bond acceptors (Lipinski definition) is 2. The van der Waals surface area contributed by atoms with Gasteiger partial charge in [0.15, 0.2) is 0 Å². The Kier molecular flexibility index (Phi) is 4.80. The largest absolute Gasteiger partial charge is 0.378 e. The van der Waals surface area contributed by atoms with Crippen molar-refractivity contribution in [3.05, 3.63) is 58.3 Å². The summed E-state index contributed by atoms with van der Waals surface area (Å²) in [5, 5.41) is 5.68. The van der Waals surface area contributed by atoms with Crippen molar-refractivity contribution in [1.29, 1.82) is 0 Å². The standard InChI is InChI=1S/C15H15BrFN3O/c1-9(13-8-10(16)2-7-14(13)17)19-11-3-5-12(6-4-11)20-15(18)21/h2-9,19H,1H3,(H3,18,20,21). The Hall–Kier alpha value is -2.08. The summed E-state index contributed by atoms with van der Waals surface area (Å²) in [7, 11) is 0. The summed E-state index contributed by atoms with van der Waals surface area (Å²) in [6.07, 6.45) is 0. The van der Waals surface area contributed by atoms with Gasteiger partial charge in [-0.3, -0.25) is 0 Å². The molecule has 1 unspecified atom stereocenters. The molecule has 0 radical (unpaired) electrons. The number of carbonyl (C=O) groups is 1. The van der Waals surface area contributed by atoms with E-state index in [1.807, 2.05) is 6.92 Å². The molecule has 2 amide bonds. The minimum atomic E-state index is -0.611. The molecule has 0 heterocycles. The molecule has 1 atom stereocenters. The molecule has 0 saturated carbocycles. The predicted molar refractivity (Wildman–Crippen MR) is 85.8 cm³/mol. The lowest BCUT2D eigenvalue weighted by atomic mass is 10.1. The molecule has 2 aromatic rings. The van der Waals surface area contributed by atoms with E-state index >= 15 is 0 Å². The van der Waals surface area contributed by atoms with Crippen molar-refractivity contribution in [2.24, 2.45) is 5.73 Å². The Labute approximate surface area is 130 Å². The van der Waals surface area contributed by atoms with E-state index < -0.39 is 6.03 Å². The van der Waals surface area contributed by atoms with Crippen LogP contribution in [0.3, 0.4) is 0 Å². The summed E-state index contributed by atoms with van der Waals surface area (Å²) in [4.78, 5) is 10.7. The number of nitrogens with one attached hydrogen (secondary N) is 2. The van der Waals surface area contributed by atoms with Gasteiger partial charge in [-0.25, -0.2) is 9.18 Å². The highest BCUT2D eigenvalue weighted by atomic mass is 79.9. The topological polar surface area (TPSA) is 67.2 Å². The van der Waals surface area contributed by atoms with Crippen LogP contribution in [0.2, 0.25) is 0 Å². The van der Waals surface area contributed by atoms with E-state index in [0.29, 0.717) is 11.3 Å². The second-order valence-electron chi connectivity index (χ2n) is 4.60. The molecule has 0 aliphatic carbocycles. The number of benzene rings is 2. The molecule has 0 saturated heterocycles. The van der Waals surface area contributed by atoms with E-state index in [2.05, 4.69) is 26.6 Å². The Morgan fingerprint density at radius 2 is 1.81 bits per heavy atom. The maximum Gasteiger partial charge on any atom is 0.316 e. The van der Waals surface area contributed by atoms with Gasteiger partial charge >= 0.3 is 6.03 Å². The van der Waals surface area contributed by atoms with Crippen molar-refractivity contribution >= 4 is 33.3 Å². The second-order valence-corrected chi connectivity index (χ2v) is 5.51. The monoisotopic (exact) mass is 351 g/mol. The zero-order chi connectivity index (χ0) is 15.4. The second kappa shape index (κ2) is 6.58. The van der Waals surface area contributed by atoms with Crippen molar-refractivity contribution in [1.82, 2.24) is 0 Å². The molecule has 2 rings (SSSR count). The number of halogens is 2. The zero-order valence-electron chi connectivity index (χ0n) is 11.4. The smallest absolute Gasteiger partial charge is 0.316 e. The maximum absolute atomic E-state index is 13.8. The van der Waals surface area contributed by atoms with Crippen molar-refractivity contribution < 1.29 is 9.18 Å². The Bertz CT molecular complexity index is 646. The van der Waals surface area contributed by atoms with Gasteiger partial charge in [0.1, 0.15) is 5.82 Å². The number of carbonyl (C=O) groups excluding carboxylic acids is 1. The lowest BCUT2D eigenvalue weighted by molar-refractivity contribution is 0.259. The summed E-state index contributed by atoms with van der Waals surface area (Å²) >= 11 is 3.34. The Morgan fingerprint density at radius 3 is 2.43 bits per heavy atom. The van der Waals surface area contributed by atoms with Gasteiger partial charge in [0.25, 0.3) is 0 Å². The van der Waals surface area contributed by atoms with E-state index in [9.17, 15) is 9.18 Å². The molecule has 0 aliphatic heterocycles. The number of amides is 2. The average molecular weight is 352 g/mol. The van der Waals surface area contributed by atoms with Crippen LogP contribution in [-0.4, -0.2) is 6.03 Å². The molecular weight excluding hydrogens is 337 g/mol. The number of nitrogens with two attached hydrogens (primary N) is 1. The van der Waals surface area contributed by atoms with E-state index in [1.165, 1.54) is 6.07 Å². The van der Waals surface area contributed by atoms with E-state index in [4.69, 9.17) is 5.73 Å². The first kappa shape index (κ1) is 15.3. The van der Waals surface area contributed by atoms with Gasteiger partial charge in [0.05, 0.1) is 6.04 Å². The fraction of sp³-hybridized carbons (Fsp3) is 0.133. The zero-order valence-corrected chi connectivity index (χ0v) is 12.9. The highest BCUT2D eigenvalue weighted by Gasteiger charge is 2.11. The van der Waals surface area contributed by atoms with Crippen molar-refractivity contribution in [3.8, 4) is 0 Å². The number of rotatable bonds is 4. The van der Waals surface area contributed by atoms with Gasteiger partial charge in [0.2, 0.25) is 0 Å². The molecule has 21 heavy (non-hydrogen) atoms. The highest BCUT2D eigenvalue weighted by Crippen LogP contribution is 2.25. The highest BCUT2D eigenvalue weighted by molar-refractivity contribution is 9.10. The van der Waals surface area contributed by atoms with Gasteiger partial charge in [-0.2, -0.15) is 0 Å². The van der Waals surface area contributed by atoms with Crippen LogP contribution in [0.15, 0.2) is 46.9 Å². The molecule has 6 heteroatoms. The van der Waals surface area contributed by atoms with Gasteiger partial charge in [-0.1, -0.05) is 15.9 Å². The quantitative estimate of drug-likeness (QED) is 0.770. The summed E-state index contributed by atoms with van der Waals surface area (Å²) in [6, 6.07) is 11.0. The fourth-order valence-corrected chi connectivity index (χ4v) is 2.35. The van der Waals surface area contributed by atoms with Crippen LogP contribution in [0.4, 0.5) is 20.6 Å². The lowest BCUT2D eigenvalue weighted by Gasteiger charge is -2.17. The third kappa shape index (κ3) is 4.19. The SMILES string of the molecule is CC(Nc1ccc(NC(N)=O)cc1)c1cc(Br)ccc1F. The normalized spacial score (nSPS) is 11.8. The molecule has 4 N–H and O–H groups in total. The summed E-state index contributed by atoms with van der Waals surface area (Å²) < 4.78 is 14.6. The number of primary amides is 1. The van der Waals surface area contributed by atoms with Gasteiger partial charge in [-0.15, -0.1) is 0 Å². The van der Waals surface area contributed by atoms with E-state index in [-0.39, 0.29) is 11.9 Å². The number of anilines is 2. The van der Waals surface area contributed by atoms with Crippen molar-refractivity contribution in [2.45, 2.75) is 13.0 Å². The first-order chi connectivity index (χ1) is 9.95. The van der Waals surface area contributed by atoms with E-state index in [1.54, 1.807) is 36.4 Å². The first-order valence-electron chi connectivity index (χ1n) is 6.33. The molecular formula is C15H15BrFN3O. The molecule has 0 spiro atoms. The molecule has 4 nitrogen and oxygen atoms in total. The van der Waals surface area contributed by atoms with Crippen LogP contribution < -0.4 is 16.4 Å². The van der Waals surface area contributed by atoms with Crippen molar-refractivity contribution in [2.75, 3.05) is 10.6 Å². The third-order valence-corrected chi connectivity index (χ3v) is 3.45. The van der Waals surface area contributed by atoms with Crippen LogP contribution in [0.25, 0.3) is 0 Å². The van der Waals surface area contributed by atoms with Crippen LogP contribution in [0.1, 0.15) is 18.5 Å². The number of hydrogen-bond donors (Lipinski definition) is 3. The molecule has 0 aromatic heterocycles. The summed E-state index contributed by atoms with van der Waals surface area (Å²) in [5.74, 6) is -0.259. The molecule has 0 bridgehead atoms. The minimum Gasteiger partial charge on any atom is -0.378 e. The van der Waals surface area contributed by atoms with Crippen LogP contribution in [0, 0.1) is 5.82 Å². The Balaban J connectivity index is 2.10. The molecule has 110 valence electrons. The fourth-order valence-electron chi connectivity index (χ4n) is 1.97. The van der Waals surface area contributed by atoms with Gasteiger partial charge < -0.3 is 16.4 Å².